The molecular formula is C14H25N3S. The number of hydrogen-bond donors (Lipinski definition) is 1. The van der Waals surface area contributed by atoms with Gasteiger partial charge in [0.2, 0.25) is 5.95 Å². The Balaban J connectivity index is 1.99. The molecular weight excluding hydrogens is 242 g/mol. The third-order valence-corrected chi connectivity index (χ3v) is 4.45. The highest BCUT2D eigenvalue weighted by molar-refractivity contribution is 7.98. The second-order valence-corrected chi connectivity index (χ2v) is 6.46. The predicted octanol–water partition coefficient (Wildman–Crippen LogP) is 3.55. The molecule has 102 valence electrons. The average Bonchev–Trinajstić information content (AvgIpc) is 2.90. The van der Waals surface area contributed by atoms with Crippen molar-refractivity contribution < 1.29 is 0 Å². The van der Waals surface area contributed by atoms with Gasteiger partial charge in [-0.05, 0) is 37.7 Å². The first-order chi connectivity index (χ1) is 8.69. The SMILES string of the molecule is CSCC(C)Cn1cc(C)nc1NC1CCCC1. The highest BCUT2D eigenvalue weighted by Crippen LogP contribution is 2.22. The lowest BCUT2D eigenvalue weighted by Crippen LogP contribution is -2.19. The smallest absolute Gasteiger partial charge is 0.203 e. The van der Waals surface area contributed by atoms with E-state index in [1.807, 2.05) is 11.8 Å². The van der Waals surface area contributed by atoms with Gasteiger partial charge in [0, 0.05) is 18.8 Å². The Bertz CT molecular complexity index is 369. The third kappa shape index (κ3) is 3.67. The first kappa shape index (κ1) is 13.8. The molecule has 1 aromatic heterocycles. The average molecular weight is 267 g/mol. The quantitative estimate of drug-likeness (QED) is 0.855. The van der Waals surface area contributed by atoms with E-state index in [1.165, 1.54) is 31.4 Å². The predicted molar refractivity (Wildman–Crippen MR) is 80.4 cm³/mol. The number of thioether (sulfide) groups is 1. The number of imidazole rings is 1. The molecule has 1 aliphatic carbocycles. The molecule has 4 heteroatoms. The van der Waals surface area contributed by atoms with Crippen LogP contribution >= 0.6 is 11.8 Å². The van der Waals surface area contributed by atoms with Crippen molar-refractivity contribution in [2.45, 2.75) is 52.1 Å². The van der Waals surface area contributed by atoms with Crippen LogP contribution in [0.3, 0.4) is 0 Å². The van der Waals surface area contributed by atoms with Crippen LogP contribution in [-0.4, -0.2) is 27.6 Å². The molecule has 0 spiro atoms. The van der Waals surface area contributed by atoms with Gasteiger partial charge in [-0.2, -0.15) is 11.8 Å². The standard InChI is InChI=1S/C14H25N3S/c1-11(10-18-3)8-17-9-12(2)15-14(17)16-13-6-4-5-7-13/h9,11,13H,4-8,10H2,1-3H3,(H,15,16). The zero-order valence-electron chi connectivity index (χ0n) is 11.8. The van der Waals surface area contributed by atoms with E-state index in [0.29, 0.717) is 12.0 Å². The summed E-state index contributed by atoms with van der Waals surface area (Å²) in [5, 5.41) is 3.62. The van der Waals surface area contributed by atoms with Crippen molar-refractivity contribution in [3.8, 4) is 0 Å². The van der Waals surface area contributed by atoms with Crippen molar-refractivity contribution in [3.05, 3.63) is 11.9 Å². The monoisotopic (exact) mass is 267 g/mol. The number of aromatic nitrogens is 2. The van der Waals surface area contributed by atoms with Gasteiger partial charge in [0.1, 0.15) is 0 Å². The van der Waals surface area contributed by atoms with E-state index < -0.39 is 0 Å². The summed E-state index contributed by atoms with van der Waals surface area (Å²) in [6.45, 7) is 5.46. The lowest BCUT2D eigenvalue weighted by atomic mass is 10.2. The first-order valence-electron chi connectivity index (χ1n) is 6.98. The molecule has 0 amide bonds. The van der Waals surface area contributed by atoms with Gasteiger partial charge >= 0.3 is 0 Å². The van der Waals surface area contributed by atoms with Crippen LogP contribution in [0.15, 0.2) is 6.20 Å². The van der Waals surface area contributed by atoms with Gasteiger partial charge < -0.3 is 9.88 Å². The van der Waals surface area contributed by atoms with Gasteiger partial charge in [0.05, 0.1) is 5.69 Å². The molecule has 0 aliphatic heterocycles. The van der Waals surface area contributed by atoms with Crippen LogP contribution in [-0.2, 0) is 6.54 Å². The lowest BCUT2D eigenvalue weighted by molar-refractivity contribution is 0.531. The van der Waals surface area contributed by atoms with Crippen LogP contribution in [0.1, 0.15) is 38.3 Å². The fraction of sp³-hybridized carbons (Fsp3) is 0.786. The fourth-order valence-corrected chi connectivity index (χ4v) is 3.40. The summed E-state index contributed by atoms with van der Waals surface area (Å²) in [4.78, 5) is 4.63. The Morgan fingerprint density at radius 3 is 2.89 bits per heavy atom. The highest BCUT2D eigenvalue weighted by Gasteiger charge is 2.17. The summed E-state index contributed by atoms with van der Waals surface area (Å²) in [5.74, 6) is 2.98. The van der Waals surface area contributed by atoms with Crippen molar-refractivity contribution in [2.75, 3.05) is 17.3 Å². The van der Waals surface area contributed by atoms with Gasteiger partial charge in [0.25, 0.3) is 0 Å². The molecule has 0 saturated heterocycles. The Morgan fingerprint density at radius 1 is 1.50 bits per heavy atom. The number of rotatable bonds is 6. The van der Waals surface area contributed by atoms with Crippen molar-refractivity contribution in [1.82, 2.24) is 9.55 Å². The van der Waals surface area contributed by atoms with Crippen molar-refractivity contribution in [2.24, 2.45) is 5.92 Å². The number of nitrogens with zero attached hydrogens (tertiary/aromatic N) is 2. The van der Waals surface area contributed by atoms with Crippen LogP contribution in [0.5, 0.6) is 0 Å². The molecule has 1 N–H and O–H groups in total. The van der Waals surface area contributed by atoms with E-state index in [-0.39, 0.29) is 0 Å². The molecule has 1 aromatic rings. The first-order valence-corrected chi connectivity index (χ1v) is 8.37. The van der Waals surface area contributed by atoms with Crippen molar-refractivity contribution >= 4 is 17.7 Å². The summed E-state index contributed by atoms with van der Waals surface area (Å²) in [5.41, 5.74) is 1.12. The molecule has 0 radical (unpaired) electrons. The molecule has 0 aromatic carbocycles. The lowest BCUT2D eigenvalue weighted by Gasteiger charge is -2.17. The summed E-state index contributed by atoms with van der Waals surface area (Å²) in [6.07, 6.45) is 9.67. The minimum atomic E-state index is 0.640. The van der Waals surface area contributed by atoms with Crippen LogP contribution in [0, 0.1) is 12.8 Å². The second-order valence-electron chi connectivity index (χ2n) is 5.54. The molecule has 1 fully saturated rings. The summed E-state index contributed by atoms with van der Waals surface area (Å²) >= 11 is 1.92. The zero-order valence-corrected chi connectivity index (χ0v) is 12.6. The Hall–Kier alpha value is -0.640. The van der Waals surface area contributed by atoms with Gasteiger partial charge in [-0.1, -0.05) is 19.8 Å². The van der Waals surface area contributed by atoms with E-state index >= 15 is 0 Å². The molecule has 2 rings (SSSR count). The van der Waals surface area contributed by atoms with E-state index in [2.05, 4.69) is 41.2 Å². The molecule has 1 saturated carbocycles. The van der Waals surface area contributed by atoms with Crippen LogP contribution in [0.25, 0.3) is 0 Å². The van der Waals surface area contributed by atoms with E-state index in [9.17, 15) is 0 Å². The Kier molecular flexibility index (Phi) is 4.98. The normalized spacial score (nSPS) is 18.2. The fourth-order valence-electron chi connectivity index (χ4n) is 2.73. The topological polar surface area (TPSA) is 29.9 Å². The largest absolute Gasteiger partial charge is 0.353 e. The highest BCUT2D eigenvalue weighted by atomic mass is 32.2. The summed E-state index contributed by atoms with van der Waals surface area (Å²) in [6, 6.07) is 0.640. The maximum absolute atomic E-state index is 4.63. The van der Waals surface area contributed by atoms with Gasteiger partial charge in [-0.15, -0.1) is 0 Å². The van der Waals surface area contributed by atoms with Gasteiger partial charge in [0.15, 0.2) is 0 Å². The van der Waals surface area contributed by atoms with Crippen LogP contribution in [0.4, 0.5) is 5.95 Å². The van der Waals surface area contributed by atoms with E-state index in [0.717, 1.165) is 18.2 Å². The maximum Gasteiger partial charge on any atom is 0.203 e. The summed E-state index contributed by atoms with van der Waals surface area (Å²) in [7, 11) is 0. The molecule has 1 unspecified atom stereocenters. The molecule has 3 nitrogen and oxygen atoms in total. The molecule has 18 heavy (non-hydrogen) atoms. The van der Waals surface area contributed by atoms with Gasteiger partial charge in [-0.25, -0.2) is 4.98 Å². The van der Waals surface area contributed by atoms with Crippen molar-refractivity contribution in [3.63, 3.8) is 0 Å². The number of nitrogens with one attached hydrogen (secondary N) is 1. The Labute approximate surface area is 115 Å². The molecule has 1 atom stereocenters. The molecule has 0 bridgehead atoms. The third-order valence-electron chi connectivity index (χ3n) is 3.54. The minimum Gasteiger partial charge on any atom is -0.353 e. The maximum atomic E-state index is 4.63. The second kappa shape index (κ2) is 6.50. The number of aryl methyl sites for hydroxylation is 1. The number of anilines is 1. The van der Waals surface area contributed by atoms with Crippen molar-refractivity contribution in [1.29, 1.82) is 0 Å². The minimum absolute atomic E-state index is 0.640. The van der Waals surface area contributed by atoms with E-state index in [1.54, 1.807) is 0 Å². The molecule has 1 heterocycles. The Morgan fingerprint density at radius 2 is 2.22 bits per heavy atom. The molecule has 1 aliphatic rings. The summed E-state index contributed by atoms with van der Waals surface area (Å²) < 4.78 is 2.30. The van der Waals surface area contributed by atoms with E-state index in [4.69, 9.17) is 0 Å². The van der Waals surface area contributed by atoms with Gasteiger partial charge in [-0.3, -0.25) is 0 Å². The number of hydrogen-bond acceptors (Lipinski definition) is 3. The van der Waals surface area contributed by atoms with Crippen LogP contribution < -0.4 is 5.32 Å². The van der Waals surface area contributed by atoms with Crippen LogP contribution in [0.2, 0.25) is 0 Å². The zero-order chi connectivity index (χ0) is 13.0.